The molecule has 0 radical (unpaired) electrons. The first kappa shape index (κ1) is 17.5. The molecule has 0 aliphatic carbocycles. The molecule has 0 spiro atoms. The number of amides is 1. The number of fused-ring (bicyclic) bond motifs is 1. The van der Waals surface area contributed by atoms with E-state index in [0.717, 1.165) is 31.6 Å². The van der Waals surface area contributed by atoms with Gasteiger partial charge in [-0.1, -0.05) is 18.2 Å². The number of carbonyl (C=O) groups is 1. The number of hydrogen-bond donors (Lipinski definition) is 0. The van der Waals surface area contributed by atoms with E-state index in [0.29, 0.717) is 24.7 Å². The van der Waals surface area contributed by atoms with Crippen LogP contribution in [0.3, 0.4) is 0 Å². The molecule has 0 N–H and O–H groups in total. The lowest BCUT2D eigenvalue weighted by atomic mass is 10.0. The molecule has 0 bridgehead atoms. The fourth-order valence-electron chi connectivity index (χ4n) is 3.62. The maximum absolute atomic E-state index is 12.8. The van der Waals surface area contributed by atoms with Crippen molar-refractivity contribution in [2.45, 2.75) is 31.6 Å². The number of rotatable bonds is 3. The maximum Gasteiger partial charge on any atom is 0.416 e. The summed E-state index contributed by atoms with van der Waals surface area (Å²) in [7, 11) is 0. The second-order valence-corrected chi connectivity index (χ2v) is 7.92. The van der Waals surface area contributed by atoms with Crippen molar-refractivity contribution in [1.29, 1.82) is 0 Å². The Kier molecular flexibility index (Phi) is 4.52. The van der Waals surface area contributed by atoms with Crippen LogP contribution in [0.25, 0.3) is 0 Å². The summed E-state index contributed by atoms with van der Waals surface area (Å²) >= 11 is 1.80. The van der Waals surface area contributed by atoms with Crippen LogP contribution in [0, 0.1) is 0 Å². The number of benzene rings is 1. The molecule has 0 unspecified atom stereocenters. The average molecular weight is 380 g/mol. The van der Waals surface area contributed by atoms with Crippen molar-refractivity contribution in [3.8, 4) is 0 Å². The molecule has 138 valence electrons. The summed E-state index contributed by atoms with van der Waals surface area (Å²) in [6.07, 6.45) is -3.30. The third kappa shape index (κ3) is 3.50. The molecule has 0 saturated carbocycles. The van der Waals surface area contributed by atoms with Crippen LogP contribution in [-0.4, -0.2) is 41.4 Å². The van der Waals surface area contributed by atoms with Gasteiger partial charge >= 0.3 is 6.18 Å². The molecule has 2 aliphatic rings. The molecule has 1 aromatic carbocycles. The van der Waals surface area contributed by atoms with E-state index in [-0.39, 0.29) is 12.3 Å². The van der Waals surface area contributed by atoms with E-state index in [2.05, 4.69) is 16.3 Å². The number of thiophene rings is 1. The first-order valence-electron chi connectivity index (χ1n) is 8.63. The van der Waals surface area contributed by atoms with E-state index in [1.54, 1.807) is 22.3 Å². The van der Waals surface area contributed by atoms with Gasteiger partial charge in [-0.15, -0.1) is 11.3 Å². The third-order valence-electron chi connectivity index (χ3n) is 5.18. The topological polar surface area (TPSA) is 23.6 Å². The maximum atomic E-state index is 12.8. The minimum absolute atomic E-state index is 0.0192. The van der Waals surface area contributed by atoms with Crippen LogP contribution < -0.4 is 0 Å². The lowest BCUT2D eigenvalue weighted by Crippen LogP contribution is -2.61. The van der Waals surface area contributed by atoms with Gasteiger partial charge in [0.15, 0.2) is 0 Å². The van der Waals surface area contributed by atoms with Gasteiger partial charge in [0, 0.05) is 37.1 Å². The van der Waals surface area contributed by atoms with Crippen molar-refractivity contribution in [2.24, 2.45) is 0 Å². The highest BCUT2D eigenvalue weighted by molar-refractivity contribution is 7.10. The van der Waals surface area contributed by atoms with Crippen molar-refractivity contribution in [3.63, 3.8) is 0 Å². The van der Waals surface area contributed by atoms with Crippen molar-refractivity contribution in [2.75, 3.05) is 19.6 Å². The fraction of sp³-hybridized carbons (Fsp3) is 0.421. The Morgan fingerprint density at radius 2 is 2.04 bits per heavy atom. The van der Waals surface area contributed by atoms with Gasteiger partial charge in [-0.2, -0.15) is 13.2 Å². The van der Waals surface area contributed by atoms with Crippen molar-refractivity contribution in [3.05, 3.63) is 57.3 Å². The Hall–Kier alpha value is -1.86. The molecule has 2 aliphatic heterocycles. The molecule has 1 amide bonds. The zero-order valence-corrected chi connectivity index (χ0v) is 14.9. The molecule has 1 saturated heterocycles. The molecule has 26 heavy (non-hydrogen) atoms. The van der Waals surface area contributed by atoms with E-state index in [1.807, 2.05) is 0 Å². The first-order chi connectivity index (χ1) is 12.4. The van der Waals surface area contributed by atoms with Crippen molar-refractivity contribution >= 4 is 17.2 Å². The Morgan fingerprint density at radius 3 is 2.81 bits per heavy atom. The molecular weight excluding hydrogens is 361 g/mol. The van der Waals surface area contributed by atoms with Gasteiger partial charge in [-0.05, 0) is 35.1 Å². The number of likely N-dealkylation sites (tertiary alicyclic amines) is 1. The normalized spacial score (nSPS) is 18.5. The highest BCUT2D eigenvalue weighted by Gasteiger charge is 2.36. The molecule has 2 aromatic rings. The zero-order valence-electron chi connectivity index (χ0n) is 14.1. The molecule has 3 heterocycles. The van der Waals surface area contributed by atoms with E-state index >= 15 is 0 Å². The van der Waals surface area contributed by atoms with E-state index in [9.17, 15) is 18.0 Å². The monoisotopic (exact) mass is 380 g/mol. The summed E-state index contributed by atoms with van der Waals surface area (Å²) in [5.41, 5.74) is 1.09. The standard InChI is InChI=1S/C19H19F3N2OS/c20-19(21,22)15-3-1-2-13(8-15)9-18(25)24-11-16(12-24)23-6-4-17-14(10-23)5-7-26-17/h1-3,5,7-8,16H,4,6,9-12H2. The second kappa shape index (κ2) is 6.70. The summed E-state index contributed by atoms with van der Waals surface area (Å²) in [4.78, 5) is 18.0. The van der Waals surface area contributed by atoms with Gasteiger partial charge in [0.1, 0.15) is 0 Å². The number of nitrogens with zero attached hydrogens (tertiary/aromatic N) is 2. The van der Waals surface area contributed by atoms with E-state index < -0.39 is 11.7 Å². The van der Waals surface area contributed by atoms with Gasteiger partial charge in [-0.3, -0.25) is 9.69 Å². The van der Waals surface area contributed by atoms with Crippen LogP contribution in [0.15, 0.2) is 35.7 Å². The fourth-order valence-corrected chi connectivity index (χ4v) is 4.51. The SMILES string of the molecule is O=C(Cc1cccc(C(F)(F)F)c1)N1CC(N2CCc3sccc3C2)C1. The second-order valence-electron chi connectivity index (χ2n) is 6.92. The van der Waals surface area contributed by atoms with Crippen LogP contribution in [0.4, 0.5) is 13.2 Å². The Labute approximate surface area is 154 Å². The molecular formula is C19H19F3N2OS. The van der Waals surface area contributed by atoms with Crippen LogP contribution in [0.2, 0.25) is 0 Å². The molecule has 0 atom stereocenters. The van der Waals surface area contributed by atoms with Gasteiger partial charge < -0.3 is 4.90 Å². The molecule has 1 aromatic heterocycles. The number of hydrogen-bond acceptors (Lipinski definition) is 3. The zero-order chi connectivity index (χ0) is 18.3. The van der Waals surface area contributed by atoms with E-state index in [1.165, 1.54) is 16.5 Å². The highest BCUT2D eigenvalue weighted by Crippen LogP contribution is 2.30. The van der Waals surface area contributed by atoms with Gasteiger partial charge in [-0.25, -0.2) is 0 Å². The predicted octanol–water partition coefficient (Wildman–Crippen LogP) is 3.58. The van der Waals surface area contributed by atoms with Gasteiger partial charge in [0.05, 0.1) is 12.0 Å². The van der Waals surface area contributed by atoms with Crippen LogP contribution in [0.1, 0.15) is 21.6 Å². The van der Waals surface area contributed by atoms with Crippen molar-refractivity contribution < 1.29 is 18.0 Å². The molecule has 3 nitrogen and oxygen atoms in total. The van der Waals surface area contributed by atoms with E-state index in [4.69, 9.17) is 0 Å². The van der Waals surface area contributed by atoms with Crippen molar-refractivity contribution in [1.82, 2.24) is 9.80 Å². The molecule has 4 rings (SSSR count). The lowest BCUT2D eigenvalue weighted by molar-refractivity contribution is -0.139. The summed E-state index contributed by atoms with van der Waals surface area (Å²) in [6.45, 7) is 3.27. The number of carbonyl (C=O) groups excluding carboxylic acids is 1. The Balaban J connectivity index is 1.31. The van der Waals surface area contributed by atoms with Gasteiger partial charge in [0.2, 0.25) is 5.91 Å². The lowest BCUT2D eigenvalue weighted by Gasteiger charge is -2.46. The van der Waals surface area contributed by atoms with Crippen LogP contribution in [-0.2, 0) is 30.4 Å². The third-order valence-corrected chi connectivity index (χ3v) is 6.20. The largest absolute Gasteiger partial charge is 0.416 e. The Morgan fingerprint density at radius 1 is 1.23 bits per heavy atom. The average Bonchev–Trinajstić information content (AvgIpc) is 3.00. The van der Waals surface area contributed by atoms with Crippen LogP contribution >= 0.6 is 11.3 Å². The number of halogens is 3. The first-order valence-corrected chi connectivity index (χ1v) is 9.51. The smallest absolute Gasteiger partial charge is 0.339 e. The summed E-state index contributed by atoms with van der Waals surface area (Å²) in [5, 5.41) is 2.12. The summed E-state index contributed by atoms with van der Waals surface area (Å²) < 4.78 is 38.3. The highest BCUT2D eigenvalue weighted by atomic mass is 32.1. The molecule has 1 fully saturated rings. The summed E-state index contributed by atoms with van der Waals surface area (Å²) in [6, 6.07) is 7.56. The van der Waals surface area contributed by atoms with Gasteiger partial charge in [0.25, 0.3) is 0 Å². The number of alkyl halides is 3. The quantitative estimate of drug-likeness (QED) is 0.813. The molecule has 7 heteroatoms. The minimum atomic E-state index is -4.38. The van der Waals surface area contributed by atoms with Crippen LogP contribution in [0.5, 0.6) is 0 Å². The summed E-state index contributed by atoms with van der Waals surface area (Å²) in [5.74, 6) is -0.103. The minimum Gasteiger partial charge on any atom is -0.339 e. The Bertz CT molecular complexity index is 811. The predicted molar refractivity (Wildman–Crippen MR) is 93.9 cm³/mol.